The number of ether oxygens (including phenoxy) is 1. The summed E-state index contributed by atoms with van der Waals surface area (Å²) in [5, 5.41) is 0. The van der Waals surface area contributed by atoms with E-state index in [1.165, 1.54) is 0 Å². The molecule has 0 saturated heterocycles. The molecule has 0 bridgehead atoms. The van der Waals surface area contributed by atoms with Gasteiger partial charge in [-0.3, -0.25) is 0 Å². The standard InChI is InChI=1S/C12H16BrNO3S/c1-10(2)9-17-8-7-14-18(15,16)12-6-4-3-5-11(12)13/h3-6,14H,1,7-9H2,2H3. The van der Waals surface area contributed by atoms with Gasteiger partial charge in [0.25, 0.3) is 0 Å². The average Bonchev–Trinajstić information content (AvgIpc) is 2.28. The quantitative estimate of drug-likeness (QED) is 0.615. The van der Waals surface area contributed by atoms with Crippen molar-refractivity contribution in [1.82, 2.24) is 4.72 Å². The summed E-state index contributed by atoms with van der Waals surface area (Å²) in [5.74, 6) is 0. The van der Waals surface area contributed by atoms with E-state index in [4.69, 9.17) is 4.74 Å². The van der Waals surface area contributed by atoms with E-state index in [0.29, 0.717) is 17.7 Å². The van der Waals surface area contributed by atoms with Crippen molar-refractivity contribution in [3.8, 4) is 0 Å². The molecule has 1 N–H and O–H groups in total. The van der Waals surface area contributed by atoms with Gasteiger partial charge < -0.3 is 4.74 Å². The zero-order valence-electron chi connectivity index (χ0n) is 10.1. The minimum Gasteiger partial charge on any atom is -0.376 e. The maximum absolute atomic E-state index is 11.9. The van der Waals surface area contributed by atoms with E-state index < -0.39 is 10.0 Å². The van der Waals surface area contributed by atoms with E-state index in [1.54, 1.807) is 24.3 Å². The second kappa shape index (κ2) is 7.04. The van der Waals surface area contributed by atoms with Crippen molar-refractivity contribution in [2.24, 2.45) is 0 Å². The van der Waals surface area contributed by atoms with Crippen LogP contribution in [0.3, 0.4) is 0 Å². The van der Waals surface area contributed by atoms with E-state index in [0.717, 1.165) is 5.57 Å². The van der Waals surface area contributed by atoms with Gasteiger partial charge in [-0.25, -0.2) is 13.1 Å². The molecule has 0 aliphatic heterocycles. The van der Waals surface area contributed by atoms with Gasteiger partial charge in [0.15, 0.2) is 0 Å². The van der Waals surface area contributed by atoms with Gasteiger partial charge in [0.05, 0.1) is 18.1 Å². The molecule has 0 fully saturated rings. The molecule has 0 aromatic heterocycles. The van der Waals surface area contributed by atoms with Gasteiger partial charge in [-0.15, -0.1) is 0 Å². The monoisotopic (exact) mass is 333 g/mol. The van der Waals surface area contributed by atoms with Crippen molar-refractivity contribution in [1.29, 1.82) is 0 Å². The second-order valence-electron chi connectivity index (χ2n) is 3.84. The third-order valence-electron chi connectivity index (χ3n) is 2.01. The van der Waals surface area contributed by atoms with Gasteiger partial charge >= 0.3 is 0 Å². The molecule has 4 nitrogen and oxygen atoms in total. The molecule has 0 aliphatic carbocycles. The topological polar surface area (TPSA) is 55.4 Å². The summed E-state index contributed by atoms with van der Waals surface area (Å²) in [6.07, 6.45) is 0. The van der Waals surface area contributed by atoms with E-state index in [1.807, 2.05) is 6.92 Å². The normalized spacial score (nSPS) is 11.4. The van der Waals surface area contributed by atoms with Crippen LogP contribution in [-0.4, -0.2) is 28.2 Å². The molecule has 18 heavy (non-hydrogen) atoms. The highest BCUT2D eigenvalue weighted by Crippen LogP contribution is 2.20. The number of nitrogens with one attached hydrogen (secondary N) is 1. The molecule has 0 heterocycles. The summed E-state index contributed by atoms with van der Waals surface area (Å²) in [6.45, 7) is 6.53. The van der Waals surface area contributed by atoms with Crippen LogP contribution in [0, 0.1) is 0 Å². The van der Waals surface area contributed by atoms with Gasteiger partial charge in [-0.1, -0.05) is 24.3 Å². The molecule has 0 aliphatic rings. The fraction of sp³-hybridized carbons (Fsp3) is 0.333. The van der Waals surface area contributed by atoms with Gasteiger partial charge in [0.2, 0.25) is 10.0 Å². The second-order valence-corrected chi connectivity index (χ2v) is 6.43. The zero-order valence-corrected chi connectivity index (χ0v) is 12.6. The Morgan fingerprint density at radius 1 is 1.44 bits per heavy atom. The molecular weight excluding hydrogens is 318 g/mol. The van der Waals surface area contributed by atoms with Crippen molar-refractivity contribution in [3.63, 3.8) is 0 Å². The van der Waals surface area contributed by atoms with E-state index >= 15 is 0 Å². The first-order chi connectivity index (χ1) is 8.43. The van der Waals surface area contributed by atoms with E-state index in [2.05, 4.69) is 27.2 Å². The third kappa shape index (κ3) is 4.89. The van der Waals surface area contributed by atoms with Crippen molar-refractivity contribution in [3.05, 3.63) is 40.9 Å². The smallest absolute Gasteiger partial charge is 0.241 e. The maximum atomic E-state index is 11.9. The van der Waals surface area contributed by atoms with Crippen LogP contribution >= 0.6 is 15.9 Å². The summed E-state index contributed by atoms with van der Waals surface area (Å²) < 4.78 is 32.1. The first-order valence-corrected chi connectivity index (χ1v) is 7.67. The Morgan fingerprint density at radius 2 is 2.11 bits per heavy atom. The van der Waals surface area contributed by atoms with Crippen molar-refractivity contribution >= 4 is 26.0 Å². The van der Waals surface area contributed by atoms with Crippen molar-refractivity contribution < 1.29 is 13.2 Å². The molecule has 100 valence electrons. The Labute approximate surface area is 116 Å². The fourth-order valence-corrected chi connectivity index (χ4v) is 3.25. The first kappa shape index (κ1) is 15.4. The van der Waals surface area contributed by atoms with Crippen LogP contribution in [-0.2, 0) is 14.8 Å². The van der Waals surface area contributed by atoms with Crippen LogP contribution in [0.5, 0.6) is 0 Å². The molecular formula is C12H16BrNO3S. The van der Waals surface area contributed by atoms with Crippen LogP contribution in [0.2, 0.25) is 0 Å². The Balaban J connectivity index is 2.51. The van der Waals surface area contributed by atoms with Crippen molar-refractivity contribution in [2.75, 3.05) is 19.8 Å². The summed E-state index contributed by atoms with van der Waals surface area (Å²) in [7, 11) is -3.49. The minimum atomic E-state index is -3.49. The number of halogens is 1. The molecule has 0 radical (unpaired) electrons. The first-order valence-electron chi connectivity index (χ1n) is 5.40. The molecule has 1 aromatic carbocycles. The highest BCUT2D eigenvalue weighted by atomic mass is 79.9. The molecule has 1 rings (SSSR count). The van der Waals surface area contributed by atoms with Crippen molar-refractivity contribution in [2.45, 2.75) is 11.8 Å². The average molecular weight is 334 g/mol. The lowest BCUT2D eigenvalue weighted by Gasteiger charge is -2.08. The molecule has 1 aromatic rings. The maximum Gasteiger partial charge on any atom is 0.241 e. The van der Waals surface area contributed by atoms with Gasteiger partial charge in [-0.05, 0) is 35.0 Å². The molecule has 0 spiro atoms. The SMILES string of the molecule is C=C(C)COCCNS(=O)(=O)c1ccccc1Br. The predicted molar refractivity (Wildman–Crippen MR) is 75.0 cm³/mol. The Bertz CT molecular complexity index is 514. The van der Waals surface area contributed by atoms with E-state index in [9.17, 15) is 8.42 Å². The lowest BCUT2D eigenvalue weighted by Crippen LogP contribution is -2.27. The number of hydrogen-bond donors (Lipinski definition) is 1. The third-order valence-corrected chi connectivity index (χ3v) is 4.49. The largest absolute Gasteiger partial charge is 0.376 e. The van der Waals surface area contributed by atoms with Gasteiger partial charge in [0, 0.05) is 11.0 Å². The predicted octanol–water partition coefficient (Wildman–Crippen LogP) is 2.32. The highest BCUT2D eigenvalue weighted by molar-refractivity contribution is 9.10. The van der Waals surface area contributed by atoms with Crippen LogP contribution in [0.15, 0.2) is 45.8 Å². The molecule has 6 heteroatoms. The lowest BCUT2D eigenvalue weighted by atomic mass is 10.4. The summed E-state index contributed by atoms with van der Waals surface area (Å²) in [4.78, 5) is 0.227. The molecule has 0 unspecified atom stereocenters. The van der Waals surface area contributed by atoms with Crippen LogP contribution in [0.4, 0.5) is 0 Å². The Kier molecular flexibility index (Phi) is 6.01. The summed E-state index contributed by atoms with van der Waals surface area (Å²) >= 11 is 3.21. The summed E-state index contributed by atoms with van der Waals surface area (Å²) in [6, 6.07) is 6.67. The molecule has 0 atom stereocenters. The van der Waals surface area contributed by atoms with Crippen LogP contribution in [0.1, 0.15) is 6.92 Å². The van der Waals surface area contributed by atoms with Gasteiger partial charge in [-0.2, -0.15) is 0 Å². The Hall–Kier alpha value is -0.690. The molecule has 0 saturated carbocycles. The van der Waals surface area contributed by atoms with Gasteiger partial charge in [0.1, 0.15) is 0 Å². The number of hydrogen-bond acceptors (Lipinski definition) is 3. The zero-order chi connectivity index (χ0) is 13.6. The number of sulfonamides is 1. The van der Waals surface area contributed by atoms with Crippen LogP contribution < -0.4 is 4.72 Å². The minimum absolute atomic E-state index is 0.227. The van der Waals surface area contributed by atoms with Crippen LogP contribution in [0.25, 0.3) is 0 Å². The fourth-order valence-electron chi connectivity index (χ4n) is 1.24. The summed E-state index contributed by atoms with van der Waals surface area (Å²) in [5.41, 5.74) is 0.906. The number of rotatable bonds is 7. The molecule has 0 amide bonds. The lowest BCUT2D eigenvalue weighted by molar-refractivity contribution is 0.162. The number of benzene rings is 1. The Morgan fingerprint density at radius 3 is 2.72 bits per heavy atom. The highest BCUT2D eigenvalue weighted by Gasteiger charge is 2.15. The van der Waals surface area contributed by atoms with E-state index in [-0.39, 0.29) is 11.4 Å².